The zero-order valence-electron chi connectivity index (χ0n) is 13.5. The first-order valence-corrected chi connectivity index (χ1v) is 8.86. The Morgan fingerprint density at radius 1 is 1.00 bits per heavy atom. The summed E-state index contributed by atoms with van der Waals surface area (Å²) in [5.74, 6) is -0.375. The molecule has 1 aliphatic heterocycles. The first-order chi connectivity index (χ1) is 11.7. The minimum Gasteiger partial charge on any atom is -0.346 e. The number of likely N-dealkylation sites (tertiary alicyclic amines) is 1. The second-order valence-electron chi connectivity index (χ2n) is 6.43. The van der Waals surface area contributed by atoms with Crippen LogP contribution in [0.5, 0.6) is 0 Å². The number of fused-ring (bicyclic) bond motifs is 1. The molecule has 0 aliphatic carbocycles. The molecule has 0 N–H and O–H groups in total. The van der Waals surface area contributed by atoms with Crippen molar-refractivity contribution >= 4 is 22.5 Å². The van der Waals surface area contributed by atoms with Gasteiger partial charge < -0.3 is 9.47 Å². The summed E-state index contributed by atoms with van der Waals surface area (Å²) in [6, 6.07) is 13.3. The van der Waals surface area contributed by atoms with Gasteiger partial charge in [0.1, 0.15) is 5.82 Å². The van der Waals surface area contributed by atoms with E-state index in [4.69, 9.17) is 11.6 Å². The monoisotopic (exact) mass is 342 g/mol. The smallest absolute Gasteiger partial charge is 0.142 e. The number of hydrogen-bond acceptors (Lipinski definition) is 1. The fraction of sp³-hybridized carbons (Fsp3) is 0.300. The van der Waals surface area contributed by atoms with Gasteiger partial charge in [0, 0.05) is 30.2 Å². The summed E-state index contributed by atoms with van der Waals surface area (Å²) < 4.78 is 16.1. The van der Waals surface area contributed by atoms with E-state index in [0.29, 0.717) is 0 Å². The fourth-order valence-electron chi connectivity index (χ4n) is 3.59. The Morgan fingerprint density at radius 2 is 1.83 bits per heavy atom. The van der Waals surface area contributed by atoms with Gasteiger partial charge in [0.25, 0.3) is 0 Å². The minimum atomic E-state index is -0.375. The molecule has 1 fully saturated rings. The molecule has 24 heavy (non-hydrogen) atoms. The number of halogens is 2. The minimum absolute atomic E-state index is 0.161. The van der Waals surface area contributed by atoms with Gasteiger partial charge in [-0.1, -0.05) is 29.8 Å². The van der Waals surface area contributed by atoms with Crippen LogP contribution in [0.25, 0.3) is 22.0 Å². The van der Waals surface area contributed by atoms with E-state index in [1.807, 2.05) is 18.2 Å². The van der Waals surface area contributed by atoms with Crippen LogP contribution in [0.15, 0.2) is 48.7 Å². The van der Waals surface area contributed by atoms with Gasteiger partial charge in [-0.3, -0.25) is 0 Å². The molecule has 1 aliphatic rings. The zero-order chi connectivity index (χ0) is 16.5. The van der Waals surface area contributed by atoms with Crippen molar-refractivity contribution in [3.63, 3.8) is 0 Å². The standard InChI is InChI=1S/C20H20ClFN2/c21-18-7-6-15(14-19(18)22)16-4-3-5-20-17(16)8-11-24(20)13-12-23-9-1-2-10-23/h3-8,11,14H,1-2,9-10,12-13H2. The van der Waals surface area contributed by atoms with E-state index >= 15 is 0 Å². The zero-order valence-corrected chi connectivity index (χ0v) is 14.3. The highest BCUT2D eigenvalue weighted by Gasteiger charge is 2.13. The van der Waals surface area contributed by atoms with Crippen molar-refractivity contribution in [3.05, 3.63) is 59.5 Å². The van der Waals surface area contributed by atoms with Gasteiger partial charge in [0.05, 0.1) is 5.02 Å². The molecule has 1 saturated heterocycles. The first kappa shape index (κ1) is 15.7. The summed E-state index contributed by atoms with van der Waals surface area (Å²) >= 11 is 5.81. The summed E-state index contributed by atoms with van der Waals surface area (Å²) in [5.41, 5.74) is 3.10. The van der Waals surface area contributed by atoms with E-state index in [1.54, 1.807) is 6.07 Å². The number of hydrogen-bond donors (Lipinski definition) is 0. The molecule has 2 heterocycles. The van der Waals surface area contributed by atoms with Crippen LogP contribution >= 0.6 is 11.6 Å². The molecule has 1 aromatic heterocycles. The van der Waals surface area contributed by atoms with Crippen LogP contribution in [-0.2, 0) is 6.54 Å². The van der Waals surface area contributed by atoms with E-state index in [-0.39, 0.29) is 10.8 Å². The van der Waals surface area contributed by atoms with Crippen molar-refractivity contribution in [3.8, 4) is 11.1 Å². The molecule has 0 spiro atoms. The fourth-order valence-corrected chi connectivity index (χ4v) is 3.71. The largest absolute Gasteiger partial charge is 0.346 e. The SMILES string of the molecule is Fc1cc(-c2cccc3c2ccn3CCN2CCCC2)ccc1Cl. The molecule has 0 radical (unpaired) electrons. The quantitative estimate of drug-likeness (QED) is 0.633. The van der Waals surface area contributed by atoms with Gasteiger partial charge in [-0.25, -0.2) is 4.39 Å². The number of benzene rings is 2. The molecular weight excluding hydrogens is 323 g/mol. The van der Waals surface area contributed by atoms with E-state index in [0.717, 1.165) is 29.6 Å². The van der Waals surface area contributed by atoms with Crippen molar-refractivity contribution < 1.29 is 4.39 Å². The summed E-state index contributed by atoms with van der Waals surface area (Å²) in [5, 5.41) is 1.31. The van der Waals surface area contributed by atoms with Crippen LogP contribution in [0.4, 0.5) is 4.39 Å². The second kappa shape index (κ2) is 6.58. The Labute approximate surface area is 146 Å². The molecule has 0 bridgehead atoms. The molecule has 2 aromatic carbocycles. The lowest BCUT2D eigenvalue weighted by Crippen LogP contribution is -2.23. The highest BCUT2D eigenvalue weighted by Crippen LogP contribution is 2.31. The summed E-state index contributed by atoms with van der Waals surface area (Å²) in [6.45, 7) is 4.51. The average molecular weight is 343 g/mol. The van der Waals surface area contributed by atoms with Crippen LogP contribution in [0.1, 0.15) is 12.8 Å². The third kappa shape index (κ3) is 2.94. The third-order valence-corrected chi connectivity index (χ3v) is 5.21. The van der Waals surface area contributed by atoms with Gasteiger partial charge in [-0.2, -0.15) is 0 Å². The summed E-state index contributed by atoms with van der Waals surface area (Å²) in [7, 11) is 0. The number of rotatable bonds is 4. The number of aromatic nitrogens is 1. The molecule has 4 heteroatoms. The maximum atomic E-state index is 13.8. The molecule has 0 atom stereocenters. The number of nitrogens with zero attached hydrogens (tertiary/aromatic N) is 2. The van der Waals surface area contributed by atoms with Crippen LogP contribution in [-0.4, -0.2) is 29.1 Å². The van der Waals surface area contributed by atoms with E-state index in [9.17, 15) is 4.39 Å². The molecular formula is C20H20ClFN2. The molecule has 0 unspecified atom stereocenters. The lowest BCUT2D eigenvalue weighted by molar-refractivity contribution is 0.324. The highest BCUT2D eigenvalue weighted by atomic mass is 35.5. The van der Waals surface area contributed by atoms with Crippen molar-refractivity contribution in [2.24, 2.45) is 0 Å². The Morgan fingerprint density at radius 3 is 2.62 bits per heavy atom. The Kier molecular flexibility index (Phi) is 4.30. The summed E-state index contributed by atoms with van der Waals surface area (Å²) in [4.78, 5) is 2.52. The van der Waals surface area contributed by atoms with Crippen molar-refractivity contribution in [2.75, 3.05) is 19.6 Å². The third-order valence-electron chi connectivity index (χ3n) is 4.90. The van der Waals surface area contributed by atoms with Gasteiger partial charge in [-0.05, 0) is 61.3 Å². The molecule has 0 amide bonds. The van der Waals surface area contributed by atoms with Crippen molar-refractivity contribution in [2.45, 2.75) is 19.4 Å². The van der Waals surface area contributed by atoms with Crippen LogP contribution in [0.2, 0.25) is 5.02 Å². The molecule has 124 valence electrons. The normalized spacial score (nSPS) is 15.4. The van der Waals surface area contributed by atoms with Crippen LogP contribution in [0, 0.1) is 5.82 Å². The van der Waals surface area contributed by atoms with Gasteiger partial charge in [0.2, 0.25) is 0 Å². The van der Waals surface area contributed by atoms with Crippen LogP contribution in [0.3, 0.4) is 0 Å². The second-order valence-corrected chi connectivity index (χ2v) is 6.83. The molecule has 0 saturated carbocycles. The summed E-state index contributed by atoms with van der Waals surface area (Å²) in [6.07, 6.45) is 4.77. The maximum absolute atomic E-state index is 13.8. The molecule has 3 aromatic rings. The van der Waals surface area contributed by atoms with Gasteiger partial charge >= 0.3 is 0 Å². The first-order valence-electron chi connectivity index (χ1n) is 8.48. The Hall–Kier alpha value is -1.84. The molecule has 4 rings (SSSR count). The van der Waals surface area contributed by atoms with Gasteiger partial charge in [-0.15, -0.1) is 0 Å². The topological polar surface area (TPSA) is 8.17 Å². The van der Waals surface area contributed by atoms with E-state index in [2.05, 4.69) is 27.8 Å². The maximum Gasteiger partial charge on any atom is 0.142 e. The predicted octanol–water partition coefficient (Wildman–Crippen LogP) is 5.20. The lowest BCUT2D eigenvalue weighted by Gasteiger charge is -2.15. The molecule has 2 nitrogen and oxygen atoms in total. The van der Waals surface area contributed by atoms with E-state index in [1.165, 1.54) is 37.5 Å². The highest BCUT2D eigenvalue weighted by molar-refractivity contribution is 6.30. The predicted molar refractivity (Wildman–Crippen MR) is 98.0 cm³/mol. The average Bonchev–Trinajstić information content (AvgIpc) is 3.24. The van der Waals surface area contributed by atoms with Crippen molar-refractivity contribution in [1.29, 1.82) is 0 Å². The lowest BCUT2D eigenvalue weighted by atomic mass is 10.0. The Bertz CT molecular complexity index is 865. The van der Waals surface area contributed by atoms with Crippen molar-refractivity contribution in [1.82, 2.24) is 9.47 Å². The Balaban J connectivity index is 1.66. The van der Waals surface area contributed by atoms with E-state index < -0.39 is 0 Å². The van der Waals surface area contributed by atoms with Crippen LogP contribution < -0.4 is 0 Å². The van der Waals surface area contributed by atoms with Gasteiger partial charge in [0.15, 0.2) is 0 Å².